The topological polar surface area (TPSA) is 29.1 Å². The van der Waals surface area contributed by atoms with Crippen molar-refractivity contribution in [1.29, 1.82) is 0 Å². The van der Waals surface area contributed by atoms with Gasteiger partial charge in [-0.15, -0.1) is 0 Å². The van der Waals surface area contributed by atoms with Crippen molar-refractivity contribution in [3.63, 3.8) is 0 Å². The summed E-state index contributed by atoms with van der Waals surface area (Å²) in [5.74, 6) is 3.02. The van der Waals surface area contributed by atoms with Gasteiger partial charge < -0.3 is 5.32 Å². The zero-order valence-corrected chi connectivity index (χ0v) is 15.2. The Balaban J connectivity index is 1.45. The minimum atomic E-state index is 0.189. The van der Waals surface area contributed by atoms with Crippen LogP contribution in [0.4, 0.5) is 0 Å². The van der Waals surface area contributed by atoms with E-state index in [9.17, 15) is 4.79 Å². The fourth-order valence-electron chi connectivity index (χ4n) is 3.75. The highest BCUT2D eigenvalue weighted by Crippen LogP contribution is 2.43. The number of benzene rings is 1. The van der Waals surface area contributed by atoms with Crippen molar-refractivity contribution in [1.82, 2.24) is 5.32 Å². The molecule has 3 heteroatoms. The van der Waals surface area contributed by atoms with Crippen LogP contribution >= 0.6 is 11.8 Å². The van der Waals surface area contributed by atoms with Crippen LogP contribution in [-0.2, 0) is 4.79 Å². The number of carbonyl (C=O) groups is 1. The van der Waals surface area contributed by atoms with Crippen LogP contribution in [0.1, 0.15) is 55.4 Å². The lowest BCUT2D eigenvalue weighted by Crippen LogP contribution is -2.35. The molecule has 3 rings (SSSR count). The van der Waals surface area contributed by atoms with Gasteiger partial charge in [-0.2, -0.15) is 11.8 Å². The molecule has 2 nitrogen and oxygen atoms in total. The Morgan fingerprint density at radius 2 is 1.87 bits per heavy atom. The maximum Gasteiger partial charge on any atom is 0.224 e. The molecule has 0 spiro atoms. The molecule has 0 bridgehead atoms. The highest BCUT2D eigenvalue weighted by molar-refractivity contribution is 7.99. The second-order valence-electron chi connectivity index (χ2n) is 7.54. The van der Waals surface area contributed by atoms with Gasteiger partial charge in [0.15, 0.2) is 0 Å². The van der Waals surface area contributed by atoms with Gasteiger partial charge in [0.05, 0.1) is 0 Å². The third-order valence-corrected chi connectivity index (χ3v) is 6.98. The fourth-order valence-corrected chi connectivity index (χ4v) is 5.22. The molecule has 1 aliphatic heterocycles. The largest absolute Gasteiger partial charge is 0.356 e. The van der Waals surface area contributed by atoms with Crippen molar-refractivity contribution < 1.29 is 4.79 Å². The van der Waals surface area contributed by atoms with Gasteiger partial charge in [-0.05, 0) is 43.6 Å². The first-order valence-corrected chi connectivity index (χ1v) is 10.1. The van der Waals surface area contributed by atoms with Crippen LogP contribution in [0.3, 0.4) is 0 Å². The van der Waals surface area contributed by atoms with Gasteiger partial charge in [-0.3, -0.25) is 4.79 Å². The summed E-state index contributed by atoms with van der Waals surface area (Å²) in [6.45, 7) is 5.35. The van der Waals surface area contributed by atoms with Gasteiger partial charge in [-0.1, -0.05) is 49.6 Å². The van der Waals surface area contributed by atoms with Gasteiger partial charge in [0.25, 0.3) is 0 Å². The molecule has 2 fully saturated rings. The highest BCUT2D eigenvalue weighted by Gasteiger charge is 2.31. The quantitative estimate of drug-likeness (QED) is 0.864. The monoisotopic (exact) mass is 331 g/mol. The van der Waals surface area contributed by atoms with Crippen molar-refractivity contribution in [2.24, 2.45) is 17.8 Å². The first-order chi connectivity index (χ1) is 11.1. The zero-order valence-electron chi connectivity index (χ0n) is 14.4. The van der Waals surface area contributed by atoms with Crippen LogP contribution in [0, 0.1) is 24.7 Å². The molecule has 1 heterocycles. The lowest BCUT2D eigenvalue weighted by molar-refractivity contribution is -0.124. The molecule has 0 radical (unpaired) electrons. The Morgan fingerprint density at radius 3 is 2.57 bits per heavy atom. The molecule has 2 aliphatic rings. The average Bonchev–Trinajstić information content (AvgIpc) is 3.05. The van der Waals surface area contributed by atoms with E-state index in [1.807, 2.05) is 11.8 Å². The van der Waals surface area contributed by atoms with Crippen molar-refractivity contribution in [2.45, 2.75) is 51.2 Å². The first-order valence-electron chi connectivity index (χ1n) is 9.07. The summed E-state index contributed by atoms with van der Waals surface area (Å²) in [5, 5.41) is 3.73. The Kier molecular flexibility index (Phi) is 5.68. The van der Waals surface area contributed by atoms with Crippen LogP contribution in [0.5, 0.6) is 0 Å². The number of thioether (sulfide) groups is 1. The van der Waals surface area contributed by atoms with E-state index in [1.54, 1.807) is 0 Å². The summed E-state index contributed by atoms with van der Waals surface area (Å²) in [6, 6.07) is 8.79. The van der Waals surface area contributed by atoms with Gasteiger partial charge in [0.1, 0.15) is 0 Å². The molecule has 1 saturated carbocycles. The SMILES string of the molecule is Cc1ccc(C2CC(C(=O)NCC3CCC(C)CC3)CS2)cc1. The van der Waals surface area contributed by atoms with Gasteiger partial charge in [-0.25, -0.2) is 0 Å². The van der Waals surface area contributed by atoms with Crippen molar-refractivity contribution in [3.05, 3.63) is 35.4 Å². The number of hydrogen-bond donors (Lipinski definition) is 1. The van der Waals surface area contributed by atoms with E-state index in [2.05, 4.69) is 43.4 Å². The molecule has 2 atom stereocenters. The maximum absolute atomic E-state index is 12.5. The van der Waals surface area contributed by atoms with E-state index in [4.69, 9.17) is 0 Å². The molecule has 126 valence electrons. The summed E-state index contributed by atoms with van der Waals surface area (Å²) in [6.07, 6.45) is 6.21. The predicted molar refractivity (Wildman–Crippen MR) is 98.6 cm³/mol. The summed E-state index contributed by atoms with van der Waals surface area (Å²) in [7, 11) is 0. The Morgan fingerprint density at radius 1 is 1.17 bits per heavy atom. The number of hydrogen-bond acceptors (Lipinski definition) is 2. The molecular formula is C20H29NOS. The summed E-state index contributed by atoms with van der Waals surface area (Å²) >= 11 is 1.94. The Labute approximate surface area is 144 Å². The standard InChI is InChI=1S/C20H29NOS/c1-14-3-7-16(8-4-14)12-21-20(22)18-11-19(23-13-18)17-9-5-15(2)6-10-17/h5-6,9-10,14,16,18-19H,3-4,7-8,11-13H2,1-2H3,(H,21,22). The Bertz CT molecular complexity index is 519. The van der Waals surface area contributed by atoms with E-state index in [0.29, 0.717) is 11.2 Å². The van der Waals surface area contributed by atoms with Crippen molar-refractivity contribution >= 4 is 17.7 Å². The lowest BCUT2D eigenvalue weighted by Gasteiger charge is -2.26. The highest BCUT2D eigenvalue weighted by atomic mass is 32.2. The summed E-state index contributed by atoms with van der Waals surface area (Å²) in [5.41, 5.74) is 2.67. The van der Waals surface area contributed by atoms with Crippen LogP contribution in [-0.4, -0.2) is 18.2 Å². The molecule has 2 unspecified atom stereocenters. The smallest absolute Gasteiger partial charge is 0.224 e. The molecule has 1 aromatic rings. The molecule has 1 aromatic carbocycles. The normalized spacial score (nSPS) is 31.0. The molecule has 1 N–H and O–H groups in total. The van der Waals surface area contributed by atoms with Crippen molar-refractivity contribution in [2.75, 3.05) is 12.3 Å². The molecular weight excluding hydrogens is 302 g/mol. The van der Waals surface area contributed by atoms with Crippen molar-refractivity contribution in [3.8, 4) is 0 Å². The molecule has 0 aromatic heterocycles. The first kappa shape index (κ1) is 16.9. The number of nitrogens with one attached hydrogen (secondary N) is 1. The van der Waals surface area contributed by atoms with Gasteiger partial charge >= 0.3 is 0 Å². The lowest BCUT2D eigenvalue weighted by atomic mass is 9.83. The minimum Gasteiger partial charge on any atom is -0.356 e. The second-order valence-corrected chi connectivity index (χ2v) is 8.77. The fraction of sp³-hybridized carbons (Fsp3) is 0.650. The summed E-state index contributed by atoms with van der Waals surface area (Å²) in [4.78, 5) is 12.5. The van der Waals surface area contributed by atoms with Crippen LogP contribution < -0.4 is 5.32 Å². The van der Waals surface area contributed by atoms with E-state index < -0.39 is 0 Å². The third kappa shape index (κ3) is 4.53. The Hall–Kier alpha value is -0.960. The van der Waals surface area contributed by atoms with Crippen LogP contribution in [0.25, 0.3) is 0 Å². The number of aryl methyl sites for hydroxylation is 1. The van der Waals surface area contributed by atoms with Crippen LogP contribution in [0.15, 0.2) is 24.3 Å². The number of rotatable bonds is 4. The van der Waals surface area contributed by atoms with E-state index in [1.165, 1.54) is 36.8 Å². The minimum absolute atomic E-state index is 0.189. The van der Waals surface area contributed by atoms with E-state index >= 15 is 0 Å². The van der Waals surface area contributed by atoms with E-state index in [-0.39, 0.29) is 11.8 Å². The van der Waals surface area contributed by atoms with E-state index in [0.717, 1.165) is 24.6 Å². The molecule has 1 amide bonds. The van der Waals surface area contributed by atoms with Gasteiger partial charge in [0, 0.05) is 23.5 Å². The average molecular weight is 332 g/mol. The third-order valence-electron chi connectivity index (χ3n) is 5.52. The van der Waals surface area contributed by atoms with Crippen LogP contribution in [0.2, 0.25) is 0 Å². The summed E-state index contributed by atoms with van der Waals surface area (Å²) < 4.78 is 0. The number of amides is 1. The molecule has 1 aliphatic carbocycles. The zero-order chi connectivity index (χ0) is 16.2. The molecule has 1 saturated heterocycles. The second kappa shape index (κ2) is 7.74. The van der Waals surface area contributed by atoms with Gasteiger partial charge in [0.2, 0.25) is 5.91 Å². The predicted octanol–water partition coefficient (Wildman–Crippen LogP) is 4.73. The number of carbonyl (C=O) groups excluding carboxylic acids is 1. The maximum atomic E-state index is 12.5. The molecule has 23 heavy (non-hydrogen) atoms.